The molecule has 3 amide bonds. The Morgan fingerprint density at radius 3 is 2.56 bits per heavy atom. The Morgan fingerprint density at radius 1 is 1.26 bits per heavy atom. The Labute approximate surface area is 159 Å². The Hall–Kier alpha value is -1.73. The Bertz CT molecular complexity index is 647. The van der Waals surface area contributed by atoms with Crippen LogP contribution in [0.25, 0.3) is 0 Å². The lowest BCUT2D eigenvalue weighted by atomic mass is 9.79. The number of fused-ring (bicyclic) bond motifs is 1. The van der Waals surface area contributed by atoms with Gasteiger partial charge in [0.2, 0.25) is 17.7 Å². The van der Waals surface area contributed by atoms with Gasteiger partial charge in [0.05, 0.1) is 24.0 Å². The summed E-state index contributed by atoms with van der Waals surface area (Å²) in [4.78, 5) is 41.2. The summed E-state index contributed by atoms with van der Waals surface area (Å²) in [5, 5.41) is 10.8. The molecule has 148 valence electrons. The molecule has 7 nitrogen and oxygen atoms in total. The fourth-order valence-corrected chi connectivity index (χ4v) is 5.15. The van der Waals surface area contributed by atoms with Gasteiger partial charge >= 0.3 is 0 Å². The molecule has 0 aromatic carbocycles. The van der Waals surface area contributed by atoms with Crippen LogP contribution in [0, 0.1) is 17.8 Å². The van der Waals surface area contributed by atoms with Crippen LogP contribution in [0.1, 0.15) is 39.0 Å². The first-order chi connectivity index (χ1) is 12.9. The summed E-state index contributed by atoms with van der Waals surface area (Å²) in [6, 6.07) is -0.107. The largest absolute Gasteiger partial charge is 0.390 e. The average Bonchev–Trinajstić information content (AvgIpc) is 3.21. The van der Waals surface area contributed by atoms with Gasteiger partial charge in [-0.3, -0.25) is 19.3 Å². The zero-order chi connectivity index (χ0) is 19.2. The van der Waals surface area contributed by atoms with Crippen molar-refractivity contribution in [1.29, 1.82) is 0 Å². The Balaban J connectivity index is 1.46. The number of aliphatic hydroxyl groups is 1. The van der Waals surface area contributed by atoms with E-state index in [9.17, 15) is 19.5 Å². The molecule has 0 aromatic heterocycles. The van der Waals surface area contributed by atoms with E-state index in [0.29, 0.717) is 39.0 Å². The number of hydrogen-bond acceptors (Lipinski definition) is 5. The maximum absolute atomic E-state index is 13.0. The van der Waals surface area contributed by atoms with E-state index in [1.807, 2.05) is 19.1 Å². The predicted octanol–water partition coefficient (Wildman–Crippen LogP) is 0.716. The highest BCUT2D eigenvalue weighted by Gasteiger charge is 2.49. The van der Waals surface area contributed by atoms with Crippen LogP contribution in [0.3, 0.4) is 0 Å². The monoisotopic (exact) mass is 376 g/mol. The number of imide groups is 1. The van der Waals surface area contributed by atoms with E-state index in [1.54, 1.807) is 4.90 Å². The number of nitrogens with zero attached hydrogens (tertiary/aromatic N) is 2. The molecule has 3 heterocycles. The van der Waals surface area contributed by atoms with Gasteiger partial charge in [0.25, 0.3) is 0 Å². The number of ether oxygens (including phenoxy) is 1. The van der Waals surface area contributed by atoms with E-state index in [1.165, 1.54) is 0 Å². The summed E-state index contributed by atoms with van der Waals surface area (Å²) in [5.41, 5.74) is -0.869. The highest BCUT2D eigenvalue weighted by molar-refractivity contribution is 6.07. The van der Waals surface area contributed by atoms with Crippen molar-refractivity contribution in [3.8, 4) is 0 Å². The van der Waals surface area contributed by atoms with Gasteiger partial charge in [-0.05, 0) is 39.0 Å². The molecule has 0 aromatic rings. The fraction of sp³-hybridized carbons (Fsp3) is 0.750. The predicted molar refractivity (Wildman–Crippen MR) is 96.4 cm³/mol. The molecule has 4 aliphatic rings. The lowest BCUT2D eigenvalue weighted by Gasteiger charge is -2.43. The van der Waals surface area contributed by atoms with Crippen molar-refractivity contribution >= 4 is 17.7 Å². The van der Waals surface area contributed by atoms with Crippen molar-refractivity contribution in [2.24, 2.45) is 17.8 Å². The van der Waals surface area contributed by atoms with E-state index in [0.717, 1.165) is 17.7 Å². The van der Waals surface area contributed by atoms with Gasteiger partial charge in [0, 0.05) is 25.1 Å². The average molecular weight is 376 g/mol. The first-order valence-electron chi connectivity index (χ1n) is 10.00. The molecule has 1 aliphatic carbocycles. The van der Waals surface area contributed by atoms with Gasteiger partial charge in [-0.1, -0.05) is 12.2 Å². The second-order valence-electron chi connectivity index (χ2n) is 8.50. The van der Waals surface area contributed by atoms with E-state index < -0.39 is 5.60 Å². The zero-order valence-corrected chi connectivity index (χ0v) is 15.8. The molecule has 3 fully saturated rings. The van der Waals surface area contributed by atoms with E-state index in [2.05, 4.69) is 0 Å². The molecule has 3 saturated heterocycles. The number of carbonyl (C=O) groups excluding carboxylic acids is 3. The number of carbonyl (C=O) groups is 3. The van der Waals surface area contributed by atoms with E-state index in [4.69, 9.17) is 4.74 Å². The molecule has 7 heteroatoms. The van der Waals surface area contributed by atoms with Crippen molar-refractivity contribution in [2.45, 2.75) is 50.7 Å². The standard InChI is InChI=1S/C20H28N2O5/c1-20(26)8-10-27-12-15(20)16-7-4-9-21(16)17(23)11-22-18(24)13-5-2-3-6-14(13)19(22)25/h2-3,13-16,26H,4-12H2,1H3/t13-,14-,15+,16-,20-/m0/s1. The van der Waals surface area contributed by atoms with Crippen LogP contribution in [-0.2, 0) is 19.1 Å². The minimum Gasteiger partial charge on any atom is -0.390 e. The third kappa shape index (κ3) is 3.21. The molecule has 1 N–H and O–H groups in total. The van der Waals surface area contributed by atoms with Crippen LogP contribution in [0.5, 0.6) is 0 Å². The van der Waals surface area contributed by atoms with Crippen LogP contribution in [-0.4, -0.2) is 70.6 Å². The number of hydrogen-bond donors (Lipinski definition) is 1. The van der Waals surface area contributed by atoms with Crippen LogP contribution in [0.4, 0.5) is 0 Å². The third-order valence-corrected chi connectivity index (χ3v) is 6.83. The number of amides is 3. The molecule has 0 spiro atoms. The fourth-order valence-electron chi connectivity index (χ4n) is 5.15. The number of rotatable bonds is 3. The van der Waals surface area contributed by atoms with Crippen LogP contribution < -0.4 is 0 Å². The summed E-state index contributed by atoms with van der Waals surface area (Å²) in [5.74, 6) is -1.39. The number of likely N-dealkylation sites (tertiary alicyclic amines) is 2. The topological polar surface area (TPSA) is 87.2 Å². The zero-order valence-electron chi connectivity index (χ0n) is 15.8. The van der Waals surface area contributed by atoms with E-state index >= 15 is 0 Å². The minimum absolute atomic E-state index is 0.107. The second-order valence-corrected chi connectivity index (χ2v) is 8.50. The first-order valence-corrected chi connectivity index (χ1v) is 10.00. The quantitative estimate of drug-likeness (QED) is 0.579. The Morgan fingerprint density at radius 2 is 1.93 bits per heavy atom. The molecule has 0 unspecified atom stereocenters. The molecule has 27 heavy (non-hydrogen) atoms. The second kappa shape index (κ2) is 7.02. The maximum Gasteiger partial charge on any atom is 0.243 e. The first kappa shape index (κ1) is 18.6. The lowest BCUT2D eigenvalue weighted by Crippen LogP contribution is -2.55. The molecular formula is C20H28N2O5. The van der Waals surface area contributed by atoms with Crippen molar-refractivity contribution in [3.63, 3.8) is 0 Å². The summed E-state index contributed by atoms with van der Waals surface area (Å²) in [6.45, 7) is 3.18. The summed E-state index contributed by atoms with van der Waals surface area (Å²) < 4.78 is 5.57. The summed E-state index contributed by atoms with van der Waals surface area (Å²) in [6.07, 6.45) is 7.27. The third-order valence-electron chi connectivity index (χ3n) is 6.83. The molecule has 0 saturated carbocycles. The van der Waals surface area contributed by atoms with Gasteiger partial charge in [-0.2, -0.15) is 0 Å². The van der Waals surface area contributed by atoms with Gasteiger partial charge in [-0.25, -0.2) is 0 Å². The van der Waals surface area contributed by atoms with Gasteiger partial charge < -0.3 is 14.7 Å². The van der Waals surface area contributed by atoms with Gasteiger partial charge in [-0.15, -0.1) is 0 Å². The van der Waals surface area contributed by atoms with Crippen molar-refractivity contribution in [3.05, 3.63) is 12.2 Å². The molecule has 0 radical (unpaired) electrons. The minimum atomic E-state index is -0.869. The maximum atomic E-state index is 13.0. The van der Waals surface area contributed by atoms with Crippen molar-refractivity contribution in [2.75, 3.05) is 26.3 Å². The SMILES string of the molecule is C[C@]1(O)CCOC[C@@H]1[C@@H]1CCCN1C(=O)CN1C(=O)[C@H]2CC=CC[C@@H]2C1=O. The summed E-state index contributed by atoms with van der Waals surface area (Å²) >= 11 is 0. The van der Waals surface area contributed by atoms with Crippen molar-refractivity contribution < 1.29 is 24.2 Å². The molecule has 4 rings (SSSR count). The normalized spacial score (nSPS) is 39.2. The van der Waals surface area contributed by atoms with Crippen LogP contribution in [0.15, 0.2) is 12.2 Å². The van der Waals surface area contributed by atoms with E-state index in [-0.39, 0.29) is 48.1 Å². The molecule has 0 bridgehead atoms. The Kier molecular flexibility index (Phi) is 4.84. The van der Waals surface area contributed by atoms with Gasteiger partial charge in [0.1, 0.15) is 6.54 Å². The summed E-state index contributed by atoms with van der Waals surface area (Å²) in [7, 11) is 0. The molecule has 3 aliphatic heterocycles. The van der Waals surface area contributed by atoms with Crippen molar-refractivity contribution in [1.82, 2.24) is 9.80 Å². The highest BCUT2D eigenvalue weighted by atomic mass is 16.5. The molecule has 5 atom stereocenters. The lowest BCUT2D eigenvalue weighted by molar-refractivity contribution is -0.152. The molecular weight excluding hydrogens is 348 g/mol. The van der Waals surface area contributed by atoms with Crippen LogP contribution >= 0.6 is 0 Å². The highest BCUT2D eigenvalue weighted by Crippen LogP contribution is 2.37. The van der Waals surface area contributed by atoms with Gasteiger partial charge in [0.15, 0.2) is 0 Å². The number of allylic oxidation sites excluding steroid dienone is 2. The van der Waals surface area contributed by atoms with Crippen LogP contribution in [0.2, 0.25) is 0 Å². The smallest absolute Gasteiger partial charge is 0.243 e.